The summed E-state index contributed by atoms with van der Waals surface area (Å²) in [5, 5.41) is 12.0. The Kier molecular flexibility index (Phi) is 5.85. The summed E-state index contributed by atoms with van der Waals surface area (Å²) in [4.78, 5) is 33.2. The van der Waals surface area contributed by atoms with Crippen LogP contribution in [0, 0.1) is 20.8 Å². The zero-order valence-corrected chi connectivity index (χ0v) is 20.3. The Morgan fingerprint density at radius 1 is 1.06 bits per heavy atom. The van der Waals surface area contributed by atoms with Gasteiger partial charge < -0.3 is 10.1 Å². The molecule has 36 heavy (non-hydrogen) atoms. The van der Waals surface area contributed by atoms with Gasteiger partial charge in [-0.25, -0.2) is 4.68 Å². The highest BCUT2D eigenvalue weighted by Gasteiger charge is 2.20. The summed E-state index contributed by atoms with van der Waals surface area (Å²) >= 11 is 0. The number of hydrogen-bond donors (Lipinski definition) is 2. The number of nitrogens with one attached hydrogen (secondary N) is 2. The molecule has 1 atom stereocenters. The number of nitrogens with zero attached hydrogens (tertiary/aromatic N) is 5. The maximum absolute atomic E-state index is 12.9. The molecule has 0 aliphatic rings. The van der Waals surface area contributed by atoms with E-state index >= 15 is 0 Å². The molecule has 0 radical (unpaired) electrons. The number of hydrogen-bond acceptors (Lipinski definition) is 6. The van der Waals surface area contributed by atoms with Crippen LogP contribution in [0.2, 0.25) is 0 Å². The van der Waals surface area contributed by atoms with Crippen LogP contribution in [0.15, 0.2) is 65.6 Å². The normalized spacial score (nSPS) is 12.0. The van der Waals surface area contributed by atoms with Gasteiger partial charge in [-0.2, -0.15) is 19.9 Å². The van der Waals surface area contributed by atoms with E-state index in [1.165, 1.54) is 10.9 Å². The van der Waals surface area contributed by atoms with Crippen LogP contribution in [-0.2, 0) is 4.79 Å². The lowest BCUT2D eigenvalue weighted by molar-refractivity contribution is -0.122. The summed E-state index contributed by atoms with van der Waals surface area (Å²) < 4.78 is 8.76. The van der Waals surface area contributed by atoms with Crippen molar-refractivity contribution in [3.05, 3.63) is 88.0 Å². The first kappa shape index (κ1) is 23.0. The number of benzene rings is 2. The van der Waals surface area contributed by atoms with Gasteiger partial charge in [0.2, 0.25) is 5.95 Å². The SMILES string of the molecule is Cc1cc(NC(=O)[C@H](C)Oc2ccccc2)n(-c2nc3c(cnn3-c3cccc(C)c3C)c(=O)[nH]2)n1. The van der Waals surface area contributed by atoms with E-state index in [2.05, 4.69) is 25.5 Å². The van der Waals surface area contributed by atoms with Crippen LogP contribution in [0.1, 0.15) is 23.7 Å². The van der Waals surface area contributed by atoms with Crippen LogP contribution in [-0.4, -0.2) is 41.5 Å². The minimum Gasteiger partial charge on any atom is -0.481 e. The summed E-state index contributed by atoms with van der Waals surface area (Å²) in [6.07, 6.45) is 0.725. The van der Waals surface area contributed by atoms with E-state index in [0.717, 1.165) is 16.8 Å². The molecule has 2 N–H and O–H groups in total. The summed E-state index contributed by atoms with van der Waals surface area (Å²) in [6.45, 7) is 7.45. The third-order valence-corrected chi connectivity index (χ3v) is 5.94. The van der Waals surface area contributed by atoms with Crippen LogP contribution < -0.4 is 15.6 Å². The molecule has 0 spiro atoms. The third kappa shape index (κ3) is 4.24. The number of H-pyrrole nitrogens is 1. The summed E-state index contributed by atoms with van der Waals surface area (Å²) in [7, 11) is 0. The average Bonchev–Trinajstić information content (AvgIpc) is 3.45. The summed E-state index contributed by atoms with van der Waals surface area (Å²) in [5.74, 6) is 0.714. The highest BCUT2D eigenvalue weighted by Crippen LogP contribution is 2.22. The van der Waals surface area contributed by atoms with Crippen LogP contribution in [0.3, 0.4) is 0 Å². The first-order chi connectivity index (χ1) is 17.3. The maximum Gasteiger partial charge on any atom is 0.266 e. The zero-order chi connectivity index (χ0) is 25.4. The van der Waals surface area contributed by atoms with E-state index in [-0.39, 0.29) is 17.4 Å². The molecule has 182 valence electrons. The highest BCUT2D eigenvalue weighted by molar-refractivity contribution is 5.93. The molecular weight excluding hydrogens is 458 g/mol. The number of aromatic nitrogens is 6. The fourth-order valence-corrected chi connectivity index (χ4v) is 3.88. The highest BCUT2D eigenvalue weighted by atomic mass is 16.5. The molecule has 3 heterocycles. The van der Waals surface area contributed by atoms with Crippen molar-refractivity contribution in [2.24, 2.45) is 0 Å². The molecule has 0 bridgehead atoms. The number of anilines is 1. The van der Waals surface area contributed by atoms with E-state index in [0.29, 0.717) is 28.3 Å². The molecule has 10 nitrogen and oxygen atoms in total. The second kappa shape index (κ2) is 9.14. The quantitative estimate of drug-likeness (QED) is 0.381. The summed E-state index contributed by atoms with van der Waals surface area (Å²) in [5.41, 5.74) is 3.60. The fourth-order valence-electron chi connectivity index (χ4n) is 3.88. The van der Waals surface area contributed by atoms with Crippen LogP contribution in [0.5, 0.6) is 5.75 Å². The number of fused-ring (bicyclic) bond motifs is 1. The molecule has 10 heteroatoms. The van der Waals surface area contributed by atoms with Gasteiger partial charge in [0.05, 0.1) is 17.6 Å². The molecule has 0 saturated carbocycles. The number of aryl methyl sites for hydroxylation is 2. The summed E-state index contributed by atoms with van der Waals surface area (Å²) in [6, 6.07) is 16.7. The van der Waals surface area contributed by atoms with Crippen LogP contribution in [0.4, 0.5) is 5.82 Å². The van der Waals surface area contributed by atoms with E-state index in [1.54, 1.807) is 36.7 Å². The van der Waals surface area contributed by atoms with Gasteiger partial charge in [0.1, 0.15) is 17.0 Å². The Morgan fingerprint density at radius 2 is 1.83 bits per heavy atom. The monoisotopic (exact) mass is 483 g/mol. The maximum atomic E-state index is 12.9. The van der Waals surface area contributed by atoms with Gasteiger partial charge in [-0.3, -0.25) is 14.6 Å². The third-order valence-electron chi connectivity index (χ3n) is 5.94. The molecule has 0 unspecified atom stereocenters. The number of carbonyl (C=O) groups is 1. The Morgan fingerprint density at radius 3 is 2.61 bits per heavy atom. The van der Waals surface area contributed by atoms with Crippen molar-refractivity contribution in [3.63, 3.8) is 0 Å². The van der Waals surface area contributed by atoms with Gasteiger partial charge in [-0.15, -0.1) is 0 Å². The number of ether oxygens (including phenoxy) is 1. The first-order valence-electron chi connectivity index (χ1n) is 11.5. The largest absolute Gasteiger partial charge is 0.481 e. The van der Waals surface area contributed by atoms with Gasteiger partial charge in [-0.05, 0) is 57.0 Å². The second-order valence-electron chi connectivity index (χ2n) is 8.55. The number of amides is 1. The van der Waals surface area contributed by atoms with Gasteiger partial charge in [0, 0.05) is 6.07 Å². The molecule has 1 amide bonds. The lowest BCUT2D eigenvalue weighted by Gasteiger charge is -2.15. The molecule has 3 aromatic heterocycles. The lowest BCUT2D eigenvalue weighted by Crippen LogP contribution is -2.31. The molecule has 0 saturated heterocycles. The average molecular weight is 484 g/mol. The second-order valence-corrected chi connectivity index (χ2v) is 8.55. The van der Waals surface area contributed by atoms with Gasteiger partial charge in [-0.1, -0.05) is 30.3 Å². The molecule has 5 rings (SSSR count). The Hall–Kier alpha value is -4.73. The lowest BCUT2D eigenvalue weighted by atomic mass is 10.1. The zero-order valence-electron chi connectivity index (χ0n) is 20.3. The van der Waals surface area contributed by atoms with Crippen molar-refractivity contribution >= 4 is 22.8 Å². The molecule has 0 fully saturated rings. The van der Waals surface area contributed by atoms with Crippen molar-refractivity contribution in [1.29, 1.82) is 0 Å². The molecule has 5 aromatic rings. The minimum absolute atomic E-state index is 0.152. The molecule has 0 aliphatic carbocycles. The predicted octanol–water partition coefficient (Wildman–Crippen LogP) is 3.63. The Bertz CT molecular complexity index is 1630. The topological polar surface area (TPSA) is 120 Å². The van der Waals surface area contributed by atoms with E-state index in [9.17, 15) is 9.59 Å². The Balaban J connectivity index is 1.51. The van der Waals surface area contributed by atoms with Crippen molar-refractivity contribution in [1.82, 2.24) is 29.5 Å². The number of carbonyl (C=O) groups excluding carboxylic acids is 1. The number of para-hydroxylation sites is 1. The van der Waals surface area contributed by atoms with Crippen LogP contribution >= 0.6 is 0 Å². The van der Waals surface area contributed by atoms with Crippen molar-refractivity contribution < 1.29 is 9.53 Å². The minimum atomic E-state index is -0.767. The van der Waals surface area contributed by atoms with E-state index in [1.807, 2.05) is 50.2 Å². The van der Waals surface area contributed by atoms with Gasteiger partial charge >= 0.3 is 0 Å². The smallest absolute Gasteiger partial charge is 0.266 e. The van der Waals surface area contributed by atoms with E-state index in [4.69, 9.17) is 4.74 Å². The number of aromatic amines is 1. The van der Waals surface area contributed by atoms with Gasteiger partial charge in [0.25, 0.3) is 11.5 Å². The van der Waals surface area contributed by atoms with Crippen molar-refractivity contribution in [2.45, 2.75) is 33.8 Å². The molecule has 0 aliphatic heterocycles. The van der Waals surface area contributed by atoms with Gasteiger partial charge in [0.15, 0.2) is 11.8 Å². The van der Waals surface area contributed by atoms with Crippen molar-refractivity contribution in [2.75, 3.05) is 5.32 Å². The predicted molar refractivity (Wildman–Crippen MR) is 136 cm³/mol. The fraction of sp³-hybridized carbons (Fsp3) is 0.192. The van der Waals surface area contributed by atoms with E-state index < -0.39 is 6.10 Å². The first-order valence-corrected chi connectivity index (χ1v) is 11.5. The standard InChI is InChI=1S/C26H25N7O3/c1-15-9-8-12-21(17(15)3)32-23-20(14-27-32)25(35)30-26(29-23)33-22(13-16(2)31-33)28-24(34)18(4)36-19-10-6-5-7-11-19/h5-14,18H,1-4H3,(H,28,34)(H,29,30,35)/t18-/m0/s1. The molecular formula is C26H25N7O3. The van der Waals surface area contributed by atoms with Crippen molar-refractivity contribution in [3.8, 4) is 17.4 Å². The number of rotatable bonds is 6. The molecule has 2 aromatic carbocycles. The van der Waals surface area contributed by atoms with Crippen LogP contribution in [0.25, 0.3) is 22.7 Å². The Labute approximate surface area is 206 Å².